The summed E-state index contributed by atoms with van der Waals surface area (Å²) in [5, 5.41) is 11.1. The highest BCUT2D eigenvalue weighted by Gasteiger charge is 2.35. The Balaban J connectivity index is 1.56. The number of fused-ring (bicyclic) bond motifs is 1. The van der Waals surface area contributed by atoms with Crippen molar-refractivity contribution >= 4 is 23.2 Å². The van der Waals surface area contributed by atoms with Crippen molar-refractivity contribution < 1.29 is 18.0 Å². The van der Waals surface area contributed by atoms with Gasteiger partial charge in [0.05, 0.1) is 11.9 Å². The molecule has 0 bridgehead atoms. The number of aryl methyl sites for hydroxylation is 2. The largest absolute Gasteiger partial charge is 0.433 e. The average molecular weight is 463 g/mol. The van der Waals surface area contributed by atoms with Crippen molar-refractivity contribution in [3.05, 3.63) is 70.8 Å². The molecule has 0 aliphatic heterocycles. The van der Waals surface area contributed by atoms with Gasteiger partial charge in [-0.2, -0.15) is 23.4 Å². The molecule has 166 valence electrons. The molecule has 0 fully saturated rings. The van der Waals surface area contributed by atoms with Crippen LogP contribution in [0.3, 0.4) is 0 Å². The molecule has 3 aromatic heterocycles. The van der Waals surface area contributed by atoms with Crippen molar-refractivity contribution in [3.63, 3.8) is 0 Å². The first kappa shape index (κ1) is 21.8. The number of amides is 1. The molecular formula is C21H18ClF3N6O. The lowest BCUT2D eigenvalue weighted by molar-refractivity contribution is -0.142. The van der Waals surface area contributed by atoms with E-state index in [1.54, 1.807) is 35.1 Å². The zero-order valence-corrected chi connectivity index (χ0v) is 17.7. The van der Waals surface area contributed by atoms with Gasteiger partial charge in [-0.25, -0.2) is 9.50 Å². The molecule has 4 rings (SSSR count). The fourth-order valence-corrected chi connectivity index (χ4v) is 3.30. The Morgan fingerprint density at radius 1 is 1.19 bits per heavy atom. The molecule has 1 N–H and O–H groups in total. The second-order valence-corrected chi connectivity index (χ2v) is 7.66. The van der Waals surface area contributed by atoms with Crippen LogP contribution >= 0.6 is 11.6 Å². The number of nitrogens with zero attached hydrogens (tertiary/aromatic N) is 5. The van der Waals surface area contributed by atoms with Gasteiger partial charge in [-0.05, 0) is 37.1 Å². The van der Waals surface area contributed by atoms with E-state index >= 15 is 0 Å². The monoisotopic (exact) mass is 462 g/mol. The van der Waals surface area contributed by atoms with Crippen molar-refractivity contribution in [1.82, 2.24) is 29.7 Å². The van der Waals surface area contributed by atoms with E-state index in [1.165, 1.54) is 6.07 Å². The molecule has 1 amide bonds. The second-order valence-electron chi connectivity index (χ2n) is 7.22. The third-order valence-corrected chi connectivity index (χ3v) is 4.95. The summed E-state index contributed by atoms with van der Waals surface area (Å²) in [5.74, 6) is -0.576. The van der Waals surface area contributed by atoms with Crippen molar-refractivity contribution in [2.75, 3.05) is 6.54 Å². The minimum atomic E-state index is -4.69. The summed E-state index contributed by atoms with van der Waals surface area (Å²) < 4.78 is 43.4. The van der Waals surface area contributed by atoms with Crippen LogP contribution in [0.5, 0.6) is 0 Å². The standard InChI is InChI=1S/C21H18ClF3N6O/c1-13-11-27-30(12-13)8-2-7-26-20(32)17-10-19-28-16(14-3-5-15(22)6-4-14)9-18(21(23,24)25)31(19)29-17/h3-6,9-12H,2,7-8H2,1H3,(H,26,32). The number of nitrogens with one attached hydrogen (secondary N) is 1. The molecule has 0 unspecified atom stereocenters. The zero-order valence-electron chi connectivity index (χ0n) is 16.9. The molecule has 0 saturated heterocycles. The maximum absolute atomic E-state index is 13.7. The summed E-state index contributed by atoms with van der Waals surface area (Å²) in [6, 6.07) is 8.42. The van der Waals surface area contributed by atoms with E-state index in [4.69, 9.17) is 11.6 Å². The number of rotatable bonds is 6. The van der Waals surface area contributed by atoms with E-state index in [9.17, 15) is 18.0 Å². The third kappa shape index (κ3) is 4.75. The second kappa shape index (κ2) is 8.62. The number of alkyl halides is 3. The van der Waals surface area contributed by atoms with Crippen LogP contribution in [0.4, 0.5) is 13.2 Å². The Kier molecular flexibility index (Phi) is 5.88. The Labute approximate surface area is 185 Å². The van der Waals surface area contributed by atoms with Crippen LogP contribution in [0.2, 0.25) is 5.02 Å². The molecule has 7 nitrogen and oxygen atoms in total. The molecule has 0 saturated carbocycles. The van der Waals surface area contributed by atoms with E-state index in [2.05, 4.69) is 20.5 Å². The van der Waals surface area contributed by atoms with Gasteiger partial charge in [-0.15, -0.1) is 0 Å². The predicted octanol–water partition coefficient (Wildman–Crippen LogP) is 4.39. The number of aromatic nitrogens is 5. The lowest BCUT2D eigenvalue weighted by Gasteiger charge is -2.11. The molecule has 3 heterocycles. The molecule has 32 heavy (non-hydrogen) atoms. The van der Waals surface area contributed by atoms with Gasteiger partial charge in [0.15, 0.2) is 17.0 Å². The van der Waals surface area contributed by atoms with E-state index in [1.807, 2.05) is 13.1 Å². The van der Waals surface area contributed by atoms with Crippen LogP contribution in [-0.4, -0.2) is 36.8 Å². The fraction of sp³-hybridized carbons (Fsp3) is 0.238. The highest BCUT2D eigenvalue weighted by molar-refractivity contribution is 6.30. The maximum Gasteiger partial charge on any atom is 0.433 e. The molecule has 1 aromatic carbocycles. The topological polar surface area (TPSA) is 77.1 Å². The first-order valence-corrected chi connectivity index (χ1v) is 10.1. The maximum atomic E-state index is 13.7. The molecule has 0 atom stereocenters. The van der Waals surface area contributed by atoms with E-state index < -0.39 is 17.8 Å². The minimum Gasteiger partial charge on any atom is -0.351 e. The number of halogens is 4. The van der Waals surface area contributed by atoms with Gasteiger partial charge in [0, 0.05) is 35.9 Å². The summed E-state index contributed by atoms with van der Waals surface area (Å²) in [6.45, 7) is 2.85. The van der Waals surface area contributed by atoms with Gasteiger partial charge in [-0.3, -0.25) is 9.48 Å². The molecule has 0 aliphatic carbocycles. The SMILES string of the molecule is Cc1cnn(CCCNC(=O)c2cc3nc(-c4ccc(Cl)cc4)cc(C(F)(F)F)n3n2)c1. The van der Waals surface area contributed by atoms with E-state index in [0.717, 1.165) is 11.6 Å². The first-order chi connectivity index (χ1) is 15.2. The molecule has 0 radical (unpaired) electrons. The van der Waals surface area contributed by atoms with Crippen LogP contribution in [-0.2, 0) is 12.7 Å². The van der Waals surface area contributed by atoms with Gasteiger partial charge in [0.1, 0.15) is 0 Å². The Morgan fingerprint density at radius 3 is 2.59 bits per heavy atom. The first-order valence-electron chi connectivity index (χ1n) is 9.72. The Bertz CT molecular complexity index is 1260. The van der Waals surface area contributed by atoms with Gasteiger partial charge in [0.2, 0.25) is 0 Å². The molecular weight excluding hydrogens is 445 g/mol. The van der Waals surface area contributed by atoms with Crippen molar-refractivity contribution in [2.45, 2.75) is 26.1 Å². The van der Waals surface area contributed by atoms with Crippen molar-refractivity contribution in [1.29, 1.82) is 0 Å². The zero-order chi connectivity index (χ0) is 22.9. The summed E-state index contributed by atoms with van der Waals surface area (Å²) >= 11 is 5.86. The van der Waals surface area contributed by atoms with Gasteiger partial charge in [0.25, 0.3) is 5.91 Å². The molecule has 11 heteroatoms. The van der Waals surface area contributed by atoms with Gasteiger partial charge in [-0.1, -0.05) is 23.7 Å². The van der Waals surface area contributed by atoms with Crippen LogP contribution in [0.1, 0.15) is 28.2 Å². The van der Waals surface area contributed by atoms with Gasteiger partial charge < -0.3 is 5.32 Å². The average Bonchev–Trinajstić information content (AvgIpc) is 3.36. The highest BCUT2D eigenvalue weighted by Crippen LogP contribution is 2.32. The van der Waals surface area contributed by atoms with Crippen LogP contribution in [0.15, 0.2) is 48.8 Å². The normalized spacial score (nSPS) is 11.8. The Hall–Kier alpha value is -3.40. The van der Waals surface area contributed by atoms with E-state index in [-0.39, 0.29) is 17.0 Å². The Morgan fingerprint density at radius 2 is 1.94 bits per heavy atom. The summed E-state index contributed by atoms with van der Waals surface area (Å²) in [7, 11) is 0. The predicted molar refractivity (Wildman–Crippen MR) is 112 cm³/mol. The van der Waals surface area contributed by atoms with Gasteiger partial charge >= 0.3 is 6.18 Å². The fourth-order valence-electron chi connectivity index (χ4n) is 3.18. The van der Waals surface area contributed by atoms with Crippen LogP contribution < -0.4 is 5.32 Å². The van der Waals surface area contributed by atoms with Crippen molar-refractivity contribution in [3.8, 4) is 11.3 Å². The van der Waals surface area contributed by atoms with Crippen LogP contribution in [0, 0.1) is 6.92 Å². The number of carbonyl (C=O) groups excluding carboxylic acids is 1. The minimum absolute atomic E-state index is 0.0815. The lowest BCUT2D eigenvalue weighted by atomic mass is 10.1. The van der Waals surface area contributed by atoms with Crippen molar-refractivity contribution in [2.24, 2.45) is 0 Å². The molecule has 4 aromatic rings. The van der Waals surface area contributed by atoms with Crippen LogP contribution in [0.25, 0.3) is 16.9 Å². The highest BCUT2D eigenvalue weighted by atomic mass is 35.5. The summed E-state index contributed by atoms with van der Waals surface area (Å²) in [4.78, 5) is 16.7. The number of carbonyl (C=O) groups is 1. The smallest absolute Gasteiger partial charge is 0.351 e. The number of hydrogen-bond acceptors (Lipinski definition) is 4. The number of benzene rings is 1. The summed E-state index contributed by atoms with van der Waals surface area (Å²) in [6.07, 6.45) is -0.470. The summed E-state index contributed by atoms with van der Waals surface area (Å²) in [5.41, 5.74) is 0.338. The quantitative estimate of drug-likeness (QED) is 0.431. The third-order valence-electron chi connectivity index (χ3n) is 4.70. The number of hydrogen-bond donors (Lipinski definition) is 1. The van der Waals surface area contributed by atoms with E-state index in [0.29, 0.717) is 34.6 Å². The molecule has 0 spiro atoms. The lowest BCUT2D eigenvalue weighted by Crippen LogP contribution is -2.26. The molecule has 0 aliphatic rings.